The smallest absolute Gasteiger partial charge is 0.274 e. The van der Waals surface area contributed by atoms with Crippen molar-refractivity contribution in [3.05, 3.63) is 59.4 Å². The topological polar surface area (TPSA) is 50.7 Å². The number of benzene rings is 2. The number of ether oxygens (including phenoxy) is 1. The van der Waals surface area contributed by atoms with Gasteiger partial charge in [0.15, 0.2) is 0 Å². The minimum atomic E-state index is -0.387. The highest BCUT2D eigenvalue weighted by Gasteiger charge is 2.25. The zero-order valence-corrected chi connectivity index (χ0v) is 11.4. The molecule has 2 aromatic carbocycles. The lowest BCUT2D eigenvalue weighted by molar-refractivity contribution is -0.110. The normalized spacial score (nSPS) is 15.0. The molecule has 0 spiro atoms. The molecule has 1 aliphatic heterocycles. The number of nitrogens with one attached hydrogen (secondary N) is 1. The van der Waals surface area contributed by atoms with Crippen molar-refractivity contribution in [2.24, 2.45) is 4.99 Å². The number of halogens is 1. The van der Waals surface area contributed by atoms with E-state index in [0.29, 0.717) is 17.8 Å². The Morgan fingerprint density at radius 2 is 1.95 bits per heavy atom. The van der Waals surface area contributed by atoms with Crippen LogP contribution in [-0.2, 0) is 11.3 Å². The van der Waals surface area contributed by atoms with Crippen LogP contribution in [0, 0.1) is 5.82 Å². The van der Waals surface area contributed by atoms with E-state index in [1.165, 1.54) is 12.1 Å². The number of aliphatic imine (C=N–C) groups is 1. The Balaban J connectivity index is 1.86. The molecular weight excluding hydrogens is 271 g/mol. The van der Waals surface area contributed by atoms with Crippen molar-refractivity contribution in [1.82, 2.24) is 0 Å². The highest BCUT2D eigenvalue weighted by atomic mass is 19.1. The first-order valence-electron chi connectivity index (χ1n) is 6.46. The van der Waals surface area contributed by atoms with Gasteiger partial charge in [-0.1, -0.05) is 12.1 Å². The van der Waals surface area contributed by atoms with Crippen LogP contribution in [0.3, 0.4) is 0 Å². The Kier molecular flexibility index (Phi) is 3.39. The second-order valence-corrected chi connectivity index (χ2v) is 4.66. The van der Waals surface area contributed by atoms with Crippen molar-refractivity contribution in [3.8, 4) is 5.75 Å². The minimum absolute atomic E-state index is 0.264. The van der Waals surface area contributed by atoms with E-state index in [4.69, 9.17) is 4.74 Å². The van der Waals surface area contributed by atoms with E-state index in [1.807, 2.05) is 24.3 Å². The quantitative estimate of drug-likeness (QED) is 0.942. The summed E-state index contributed by atoms with van der Waals surface area (Å²) in [5.41, 5.74) is 2.31. The van der Waals surface area contributed by atoms with Crippen molar-refractivity contribution in [2.45, 2.75) is 6.54 Å². The van der Waals surface area contributed by atoms with E-state index in [9.17, 15) is 9.18 Å². The van der Waals surface area contributed by atoms with Gasteiger partial charge in [0.25, 0.3) is 5.91 Å². The lowest BCUT2D eigenvalue weighted by Crippen LogP contribution is -2.14. The highest BCUT2D eigenvalue weighted by molar-refractivity contribution is 6.53. The molecule has 1 aliphatic rings. The Morgan fingerprint density at radius 3 is 2.67 bits per heavy atom. The summed E-state index contributed by atoms with van der Waals surface area (Å²) < 4.78 is 18.4. The Morgan fingerprint density at radius 1 is 1.19 bits per heavy atom. The van der Waals surface area contributed by atoms with Crippen LogP contribution in [0.25, 0.3) is 0 Å². The van der Waals surface area contributed by atoms with Gasteiger partial charge >= 0.3 is 0 Å². The molecule has 0 saturated carbocycles. The second-order valence-electron chi connectivity index (χ2n) is 4.66. The number of fused-ring (bicyclic) bond motifs is 1. The van der Waals surface area contributed by atoms with E-state index < -0.39 is 0 Å². The third-order valence-corrected chi connectivity index (χ3v) is 3.28. The molecule has 0 radical (unpaired) electrons. The third-order valence-electron chi connectivity index (χ3n) is 3.28. The number of carbonyl (C=O) groups excluding carboxylic acids is 1. The Hall–Kier alpha value is -2.69. The van der Waals surface area contributed by atoms with Crippen molar-refractivity contribution in [2.75, 3.05) is 12.4 Å². The molecule has 0 saturated heterocycles. The average Bonchev–Trinajstić information content (AvgIpc) is 2.80. The maximum atomic E-state index is 13.3. The van der Waals surface area contributed by atoms with Crippen molar-refractivity contribution >= 4 is 17.3 Å². The number of hydrogen-bond donors (Lipinski definition) is 1. The lowest BCUT2D eigenvalue weighted by Gasteiger charge is -2.02. The van der Waals surface area contributed by atoms with E-state index in [2.05, 4.69) is 10.3 Å². The molecule has 5 heteroatoms. The van der Waals surface area contributed by atoms with E-state index in [-0.39, 0.29) is 17.4 Å². The minimum Gasteiger partial charge on any atom is -0.497 e. The maximum Gasteiger partial charge on any atom is 0.274 e. The Bertz CT molecular complexity index is 724. The molecular formula is C16H13FN2O2. The number of methoxy groups -OCH3 is 1. The maximum absolute atomic E-state index is 13.3. The number of rotatable bonds is 3. The molecule has 1 heterocycles. The fraction of sp³-hybridized carbons (Fsp3) is 0.125. The van der Waals surface area contributed by atoms with Gasteiger partial charge in [0.2, 0.25) is 0 Å². The van der Waals surface area contributed by atoms with Crippen LogP contribution in [0.4, 0.5) is 10.1 Å². The molecule has 0 aromatic heterocycles. The zero-order chi connectivity index (χ0) is 14.8. The molecule has 0 fully saturated rings. The summed E-state index contributed by atoms with van der Waals surface area (Å²) in [5.74, 6) is 0.0731. The van der Waals surface area contributed by atoms with Gasteiger partial charge in [-0.3, -0.25) is 9.79 Å². The molecule has 1 N–H and O–H groups in total. The number of nitrogens with zero attached hydrogens (tertiary/aromatic N) is 1. The number of hydrogen-bond acceptors (Lipinski definition) is 3. The lowest BCUT2D eigenvalue weighted by atomic mass is 10.1. The van der Waals surface area contributed by atoms with Gasteiger partial charge in [0.1, 0.15) is 17.3 Å². The Labute approximate surface area is 121 Å². The monoisotopic (exact) mass is 284 g/mol. The zero-order valence-electron chi connectivity index (χ0n) is 11.4. The predicted molar refractivity (Wildman–Crippen MR) is 78.3 cm³/mol. The van der Waals surface area contributed by atoms with Gasteiger partial charge in [-0.2, -0.15) is 0 Å². The fourth-order valence-corrected chi connectivity index (χ4v) is 2.18. The van der Waals surface area contributed by atoms with E-state index in [0.717, 1.165) is 11.3 Å². The van der Waals surface area contributed by atoms with E-state index >= 15 is 0 Å². The van der Waals surface area contributed by atoms with Gasteiger partial charge in [-0.25, -0.2) is 4.39 Å². The van der Waals surface area contributed by atoms with Crippen LogP contribution >= 0.6 is 0 Å². The van der Waals surface area contributed by atoms with Crippen molar-refractivity contribution in [1.29, 1.82) is 0 Å². The van der Waals surface area contributed by atoms with Gasteiger partial charge in [-0.05, 0) is 35.9 Å². The third kappa shape index (κ3) is 2.63. The number of anilines is 1. The second kappa shape index (κ2) is 5.36. The first kappa shape index (κ1) is 13.3. The fourth-order valence-electron chi connectivity index (χ4n) is 2.18. The highest BCUT2D eigenvalue weighted by Crippen LogP contribution is 2.24. The molecule has 1 amide bonds. The van der Waals surface area contributed by atoms with Crippen molar-refractivity contribution < 1.29 is 13.9 Å². The standard InChI is InChI=1S/C16H13FN2O2/c1-21-12-5-2-10(3-6-12)9-18-15-13-8-11(17)4-7-14(13)19-16(15)20/h2-8H,9H2,1H3,(H,18,19,20). The van der Waals surface area contributed by atoms with Crippen molar-refractivity contribution in [3.63, 3.8) is 0 Å². The van der Waals surface area contributed by atoms with Crippen LogP contribution in [0.1, 0.15) is 11.1 Å². The van der Waals surface area contributed by atoms with Crippen LogP contribution in [0.2, 0.25) is 0 Å². The average molecular weight is 284 g/mol. The summed E-state index contributed by atoms with van der Waals surface area (Å²) in [6.45, 7) is 0.350. The summed E-state index contributed by atoms with van der Waals surface area (Å²) >= 11 is 0. The molecule has 2 aromatic rings. The molecule has 0 bridgehead atoms. The molecule has 21 heavy (non-hydrogen) atoms. The summed E-state index contributed by atoms with van der Waals surface area (Å²) in [6, 6.07) is 11.6. The van der Waals surface area contributed by atoms with Crippen LogP contribution in [0.5, 0.6) is 5.75 Å². The van der Waals surface area contributed by atoms with E-state index in [1.54, 1.807) is 13.2 Å². The van der Waals surface area contributed by atoms with Gasteiger partial charge in [-0.15, -0.1) is 0 Å². The molecule has 0 unspecified atom stereocenters. The summed E-state index contributed by atoms with van der Waals surface area (Å²) in [5, 5.41) is 2.67. The molecule has 4 nitrogen and oxygen atoms in total. The number of amides is 1. The SMILES string of the molecule is COc1ccc(CN=C2C(=O)Nc3ccc(F)cc32)cc1. The summed E-state index contributed by atoms with van der Waals surface area (Å²) in [7, 11) is 1.60. The van der Waals surface area contributed by atoms with Crippen LogP contribution < -0.4 is 10.1 Å². The molecule has 0 aliphatic carbocycles. The van der Waals surface area contributed by atoms with Gasteiger partial charge < -0.3 is 10.1 Å². The molecule has 0 atom stereocenters. The van der Waals surface area contributed by atoms with Gasteiger partial charge in [0.05, 0.1) is 19.3 Å². The number of carbonyl (C=O) groups is 1. The molecule has 106 valence electrons. The largest absolute Gasteiger partial charge is 0.497 e. The first-order chi connectivity index (χ1) is 10.2. The predicted octanol–water partition coefficient (Wildman–Crippen LogP) is 2.78. The van der Waals surface area contributed by atoms with Crippen LogP contribution in [-0.4, -0.2) is 18.7 Å². The van der Waals surface area contributed by atoms with Gasteiger partial charge in [0, 0.05) is 5.56 Å². The first-order valence-corrected chi connectivity index (χ1v) is 6.46. The van der Waals surface area contributed by atoms with Crippen LogP contribution in [0.15, 0.2) is 47.5 Å². The summed E-state index contributed by atoms with van der Waals surface area (Å²) in [6.07, 6.45) is 0. The summed E-state index contributed by atoms with van der Waals surface area (Å²) in [4.78, 5) is 16.2. The molecule has 3 rings (SSSR count).